The maximum atomic E-state index is 10.3. The highest BCUT2D eigenvalue weighted by Gasteiger charge is 2.15. The van der Waals surface area contributed by atoms with Crippen molar-refractivity contribution in [1.82, 2.24) is 0 Å². The van der Waals surface area contributed by atoms with E-state index in [0.717, 1.165) is 19.8 Å². The van der Waals surface area contributed by atoms with Gasteiger partial charge in [-0.3, -0.25) is 0 Å². The molecule has 1 aromatic carbocycles. The van der Waals surface area contributed by atoms with Gasteiger partial charge < -0.3 is 5.11 Å². The van der Waals surface area contributed by atoms with E-state index in [0.29, 0.717) is 0 Å². The number of hydrogen-bond acceptors (Lipinski definition) is 3. The van der Waals surface area contributed by atoms with Gasteiger partial charge >= 0.3 is 0 Å². The van der Waals surface area contributed by atoms with E-state index in [1.807, 2.05) is 43.5 Å². The van der Waals surface area contributed by atoms with Crippen LogP contribution >= 0.6 is 39.0 Å². The number of thioether (sulfide) groups is 1. The Bertz CT molecular complexity index is 505. The second-order valence-electron chi connectivity index (χ2n) is 3.74. The molecule has 0 saturated carbocycles. The van der Waals surface area contributed by atoms with Crippen molar-refractivity contribution in [2.45, 2.75) is 17.9 Å². The van der Waals surface area contributed by atoms with Gasteiger partial charge in [-0.2, -0.15) is 0 Å². The molecule has 1 heterocycles. The van der Waals surface area contributed by atoms with Gasteiger partial charge in [0.2, 0.25) is 0 Å². The van der Waals surface area contributed by atoms with Gasteiger partial charge in [0.05, 0.1) is 3.79 Å². The molecule has 0 saturated heterocycles. The summed E-state index contributed by atoms with van der Waals surface area (Å²) in [4.78, 5) is 2.36. The fraction of sp³-hybridized carbons (Fsp3) is 0.231. The van der Waals surface area contributed by atoms with Crippen LogP contribution in [0.4, 0.5) is 0 Å². The zero-order chi connectivity index (χ0) is 12.4. The van der Waals surface area contributed by atoms with E-state index in [-0.39, 0.29) is 0 Å². The summed E-state index contributed by atoms with van der Waals surface area (Å²) in [6, 6.07) is 10.1. The molecule has 4 heteroatoms. The first-order valence-electron chi connectivity index (χ1n) is 5.19. The first-order valence-corrected chi connectivity index (χ1v) is 8.03. The summed E-state index contributed by atoms with van der Waals surface area (Å²) in [7, 11) is 0. The van der Waals surface area contributed by atoms with Gasteiger partial charge in [0, 0.05) is 9.77 Å². The number of aliphatic hydroxyl groups is 1. The van der Waals surface area contributed by atoms with Crippen molar-refractivity contribution in [3.8, 4) is 0 Å². The fourth-order valence-corrected chi connectivity index (χ4v) is 3.85. The van der Waals surface area contributed by atoms with E-state index in [2.05, 4.69) is 15.9 Å². The Balaban J connectivity index is 2.30. The summed E-state index contributed by atoms with van der Waals surface area (Å²) in [6.45, 7) is 2.03. The zero-order valence-electron chi connectivity index (χ0n) is 9.61. The minimum Gasteiger partial charge on any atom is -0.384 e. The molecule has 1 aromatic heterocycles. The van der Waals surface area contributed by atoms with Crippen LogP contribution in [0.15, 0.2) is 39.0 Å². The van der Waals surface area contributed by atoms with Crippen LogP contribution in [0.25, 0.3) is 0 Å². The van der Waals surface area contributed by atoms with Crippen LogP contribution in [-0.4, -0.2) is 11.4 Å². The lowest BCUT2D eigenvalue weighted by Gasteiger charge is -2.11. The summed E-state index contributed by atoms with van der Waals surface area (Å²) in [6.07, 6.45) is 1.51. The van der Waals surface area contributed by atoms with Crippen LogP contribution in [0, 0.1) is 6.92 Å². The second kappa shape index (κ2) is 5.57. The molecule has 0 aliphatic rings. The van der Waals surface area contributed by atoms with Crippen molar-refractivity contribution in [3.05, 3.63) is 50.1 Å². The quantitative estimate of drug-likeness (QED) is 0.829. The Labute approximate surface area is 118 Å². The number of aliphatic hydroxyl groups excluding tert-OH is 1. The molecule has 1 unspecified atom stereocenters. The number of benzene rings is 1. The Hall–Kier alpha value is -0.290. The zero-order valence-corrected chi connectivity index (χ0v) is 12.8. The van der Waals surface area contributed by atoms with E-state index in [4.69, 9.17) is 0 Å². The number of aryl methyl sites for hydroxylation is 1. The minimum atomic E-state index is -0.534. The summed E-state index contributed by atoms with van der Waals surface area (Å²) in [5, 5.41) is 10.3. The molecule has 1 atom stereocenters. The number of thiophene rings is 1. The van der Waals surface area contributed by atoms with Crippen molar-refractivity contribution < 1.29 is 5.11 Å². The van der Waals surface area contributed by atoms with Gasteiger partial charge in [-0.15, -0.1) is 23.1 Å². The van der Waals surface area contributed by atoms with Crippen molar-refractivity contribution in [1.29, 1.82) is 0 Å². The maximum absolute atomic E-state index is 10.3. The molecule has 0 aliphatic carbocycles. The van der Waals surface area contributed by atoms with Gasteiger partial charge in [-0.25, -0.2) is 0 Å². The van der Waals surface area contributed by atoms with Crippen molar-refractivity contribution in [3.63, 3.8) is 0 Å². The molecule has 0 bridgehead atoms. The molecule has 0 radical (unpaired) electrons. The molecule has 1 nitrogen and oxygen atoms in total. The van der Waals surface area contributed by atoms with Crippen molar-refractivity contribution >= 4 is 39.0 Å². The third-order valence-electron chi connectivity index (χ3n) is 2.65. The lowest BCUT2D eigenvalue weighted by Crippen LogP contribution is -1.99. The third kappa shape index (κ3) is 2.94. The standard InChI is InChI=1S/C13H13BrOS2/c1-8-11(7-12(14)17-8)13(15)9-3-5-10(16-2)6-4-9/h3-7,13,15H,1-2H3. The van der Waals surface area contributed by atoms with Crippen LogP contribution in [-0.2, 0) is 0 Å². The Morgan fingerprint density at radius 2 is 1.94 bits per heavy atom. The predicted octanol–water partition coefficient (Wildman–Crippen LogP) is 4.62. The molecular formula is C13H13BrOS2. The summed E-state index contributed by atoms with van der Waals surface area (Å²) in [5.74, 6) is 0. The first kappa shape index (κ1) is 13.1. The largest absolute Gasteiger partial charge is 0.384 e. The molecule has 90 valence electrons. The Morgan fingerprint density at radius 3 is 2.41 bits per heavy atom. The summed E-state index contributed by atoms with van der Waals surface area (Å²) in [5.41, 5.74) is 1.93. The molecule has 17 heavy (non-hydrogen) atoms. The van der Waals surface area contributed by atoms with Crippen molar-refractivity contribution in [2.75, 3.05) is 6.26 Å². The molecule has 0 spiro atoms. The van der Waals surface area contributed by atoms with Gasteiger partial charge in [0.15, 0.2) is 0 Å². The normalized spacial score (nSPS) is 12.7. The SMILES string of the molecule is CSc1ccc(C(O)c2cc(Br)sc2C)cc1. The number of halogens is 1. The molecule has 2 rings (SSSR count). The summed E-state index contributed by atoms with van der Waals surface area (Å²) >= 11 is 6.81. The smallest absolute Gasteiger partial charge is 0.105 e. The van der Waals surface area contributed by atoms with E-state index in [9.17, 15) is 5.11 Å². The van der Waals surface area contributed by atoms with E-state index >= 15 is 0 Å². The van der Waals surface area contributed by atoms with E-state index < -0.39 is 6.10 Å². The van der Waals surface area contributed by atoms with Crippen molar-refractivity contribution in [2.24, 2.45) is 0 Å². The lowest BCUT2D eigenvalue weighted by atomic mass is 10.0. The highest BCUT2D eigenvalue weighted by Crippen LogP contribution is 2.33. The van der Waals surface area contributed by atoms with E-state index in [1.54, 1.807) is 23.1 Å². The molecular weight excluding hydrogens is 316 g/mol. The lowest BCUT2D eigenvalue weighted by molar-refractivity contribution is 0.220. The number of rotatable bonds is 3. The summed E-state index contributed by atoms with van der Waals surface area (Å²) < 4.78 is 1.06. The van der Waals surface area contributed by atoms with Crippen LogP contribution < -0.4 is 0 Å². The third-order valence-corrected chi connectivity index (χ3v) is 4.97. The van der Waals surface area contributed by atoms with Gasteiger partial charge in [-0.1, -0.05) is 12.1 Å². The number of hydrogen-bond donors (Lipinski definition) is 1. The first-order chi connectivity index (χ1) is 8.11. The second-order valence-corrected chi connectivity index (χ2v) is 7.25. The molecule has 2 aromatic rings. The van der Waals surface area contributed by atoms with Crippen LogP contribution in [0.2, 0.25) is 0 Å². The van der Waals surface area contributed by atoms with E-state index in [1.165, 1.54) is 4.90 Å². The molecule has 0 amide bonds. The minimum absolute atomic E-state index is 0.534. The average molecular weight is 329 g/mol. The predicted molar refractivity (Wildman–Crippen MR) is 79.0 cm³/mol. The highest BCUT2D eigenvalue weighted by atomic mass is 79.9. The van der Waals surface area contributed by atoms with Crippen LogP contribution in [0.5, 0.6) is 0 Å². The average Bonchev–Trinajstić information content (AvgIpc) is 2.68. The molecule has 0 aliphatic heterocycles. The van der Waals surface area contributed by atoms with Gasteiger partial charge in [0.25, 0.3) is 0 Å². The fourth-order valence-electron chi connectivity index (χ4n) is 1.70. The van der Waals surface area contributed by atoms with Gasteiger partial charge in [-0.05, 0) is 58.4 Å². The Morgan fingerprint density at radius 1 is 1.29 bits per heavy atom. The van der Waals surface area contributed by atoms with Crippen LogP contribution in [0.3, 0.4) is 0 Å². The maximum Gasteiger partial charge on any atom is 0.105 e. The molecule has 1 N–H and O–H groups in total. The van der Waals surface area contributed by atoms with Crippen LogP contribution in [0.1, 0.15) is 22.1 Å². The monoisotopic (exact) mass is 328 g/mol. The Kier molecular flexibility index (Phi) is 4.31. The van der Waals surface area contributed by atoms with Gasteiger partial charge in [0.1, 0.15) is 6.10 Å². The topological polar surface area (TPSA) is 20.2 Å². The highest BCUT2D eigenvalue weighted by molar-refractivity contribution is 9.11. The molecule has 0 fully saturated rings.